The van der Waals surface area contributed by atoms with E-state index < -0.39 is 0 Å². The minimum Gasteiger partial charge on any atom is -0.493 e. The number of benzene rings is 1. The molecule has 108 valence electrons. The van der Waals surface area contributed by atoms with Gasteiger partial charge in [0.25, 0.3) is 0 Å². The van der Waals surface area contributed by atoms with Crippen LogP contribution in [-0.2, 0) is 0 Å². The molecular formula is C18H24O2. The molecule has 0 spiro atoms. The molecule has 0 aromatic heterocycles. The van der Waals surface area contributed by atoms with Crippen molar-refractivity contribution in [3.8, 4) is 11.5 Å². The average Bonchev–Trinajstić information content (AvgIpc) is 3.01. The summed E-state index contributed by atoms with van der Waals surface area (Å²) in [6, 6.07) is 6.39. The standard InChI is InChI=1S/C18H24O2/c1-19-17-12-11-15(14-7-3-2-4-8-14)13-18(17)20-16-9-5-6-10-16/h7,11-13,16H,2-6,8-10H2,1H3. The summed E-state index contributed by atoms with van der Waals surface area (Å²) in [5.41, 5.74) is 2.77. The van der Waals surface area contributed by atoms with Gasteiger partial charge in [0.2, 0.25) is 0 Å². The van der Waals surface area contributed by atoms with Gasteiger partial charge in [0, 0.05) is 0 Å². The molecule has 0 saturated heterocycles. The molecular weight excluding hydrogens is 248 g/mol. The molecule has 2 heteroatoms. The Labute approximate surface area is 121 Å². The van der Waals surface area contributed by atoms with Gasteiger partial charge in [-0.1, -0.05) is 12.1 Å². The summed E-state index contributed by atoms with van der Waals surface area (Å²) < 4.78 is 11.6. The van der Waals surface area contributed by atoms with Crippen LogP contribution in [0.5, 0.6) is 11.5 Å². The van der Waals surface area contributed by atoms with Gasteiger partial charge in [-0.05, 0) is 74.6 Å². The van der Waals surface area contributed by atoms with Crippen LogP contribution < -0.4 is 9.47 Å². The number of hydrogen-bond acceptors (Lipinski definition) is 2. The number of hydrogen-bond donors (Lipinski definition) is 0. The molecule has 1 saturated carbocycles. The largest absolute Gasteiger partial charge is 0.493 e. The van der Waals surface area contributed by atoms with Crippen molar-refractivity contribution < 1.29 is 9.47 Å². The smallest absolute Gasteiger partial charge is 0.162 e. The van der Waals surface area contributed by atoms with Gasteiger partial charge in [-0.25, -0.2) is 0 Å². The van der Waals surface area contributed by atoms with Crippen LogP contribution in [0.25, 0.3) is 5.57 Å². The fourth-order valence-electron chi connectivity index (χ4n) is 3.25. The van der Waals surface area contributed by atoms with E-state index in [0.29, 0.717) is 6.10 Å². The SMILES string of the molecule is COc1ccc(C2=CCCCC2)cc1OC1CCCC1. The summed E-state index contributed by atoms with van der Waals surface area (Å²) >= 11 is 0. The quantitative estimate of drug-likeness (QED) is 0.770. The molecule has 1 aromatic rings. The van der Waals surface area contributed by atoms with E-state index in [1.807, 2.05) is 0 Å². The third kappa shape index (κ3) is 3.00. The second-order valence-corrected chi connectivity index (χ2v) is 5.87. The van der Waals surface area contributed by atoms with E-state index in [4.69, 9.17) is 9.47 Å². The molecule has 0 N–H and O–H groups in total. The van der Waals surface area contributed by atoms with Crippen molar-refractivity contribution in [2.75, 3.05) is 7.11 Å². The van der Waals surface area contributed by atoms with Crippen LogP contribution in [-0.4, -0.2) is 13.2 Å². The molecule has 1 fully saturated rings. The third-order valence-electron chi connectivity index (χ3n) is 4.42. The summed E-state index contributed by atoms with van der Waals surface area (Å²) in [5, 5.41) is 0. The first-order chi connectivity index (χ1) is 9.86. The molecule has 0 atom stereocenters. The Hall–Kier alpha value is -1.44. The van der Waals surface area contributed by atoms with Gasteiger partial charge >= 0.3 is 0 Å². The summed E-state index contributed by atoms with van der Waals surface area (Å²) in [5.74, 6) is 1.78. The van der Waals surface area contributed by atoms with Crippen molar-refractivity contribution >= 4 is 5.57 Å². The predicted octanol–water partition coefficient (Wildman–Crippen LogP) is 4.97. The second-order valence-electron chi connectivity index (χ2n) is 5.87. The van der Waals surface area contributed by atoms with Crippen molar-refractivity contribution in [3.63, 3.8) is 0 Å². The first-order valence-corrected chi connectivity index (χ1v) is 7.91. The Morgan fingerprint density at radius 1 is 1.00 bits per heavy atom. The van der Waals surface area contributed by atoms with Gasteiger partial charge in [-0.2, -0.15) is 0 Å². The molecule has 0 bridgehead atoms. The Morgan fingerprint density at radius 3 is 2.55 bits per heavy atom. The van der Waals surface area contributed by atoms with Crippen molar-refractivity contribution in [3.05, 3.63) is 29.8 Å². The highest BCUT2D eigenvalue weighted by molar-refractivity contribution is 5.68. The highest BCUT2D eigenvalue weighted by Crippen LogP contribution is 2.36. The Morgan fingerprint density at radius 2 is 1.85 bits per heavy atom. The van der Waals surface area contributed by atoms with Gasteiger partial charge in [0.1, 0.15) is 0 Å². The first kappa shape index (κ1) is 13.5. The maximum atomic E-state index is 6.18. The average molecular weight is 272 g/mol. The molecule has 2 aliphatic rings. The lowest BCUT2D eigenvalue weighted by Gasteiger charge is -2.18. The van der Waals surface area contributed by atoms with Crippen LogP contribution in [0.1, 0.15) is 56.9 Å². The predicted molar refractivity (Wildman–Crippen MR) is 82.3 cm³/mol. The molecule has 0 amide bonds. The molecule has 0 unspecified atom stereocenters. The lowest BCUT2D eigenvalue weighted by Crippen LogP contribution is -2.11. The molecule has 0 heterocycles. The highest BCUT2D eigenvalue weighted by atomic mass is 16.5. The fraction of sp³-hybridized carbons (Fsp3) is 0.556. The molecule has 2 nitrogen and oxygen atoms in total. The number of methoxy groups -OCH3 is 1. The topological polar surface area (TPSA) is 18.5 Å². The summed E-state index contributed by atoms with van der Waals surface area (Å²) in [6.45, 7) is 0. The van der Waals surface area contributed by atoms with Gasteiger partial charge in [0.05, 0.1) is 13.2 Å². The third-order valence-corrected chi connectivity index (χ3v) is 4.42. The second kappa shape index (κ2) is 6.34. The van der Waals surface area contributed by atoms with Gasteiger partial charge in [-0.3, -0.25) is 0 Å². The molecule has 20 heavy (non-hydrogen) atoms. The zero-order chi connectivity index (χ0) is 13.8. The molecule has 1 aromatic carbocycles. The van der Waals surface area contributed by atoms with E-state index in [2.05, 4.69) is 24.3 Å². The number of ether oxygens (including phenoxy) is 2. The van der Waals surface area contributed by atoms with E-state index in [1.165, 1.54) is 62.5 Å². The van der Waals surface area contributed by atoms with Crippen molar-refractivity contribution in [1.82, 2.24) is 0 Å². The van der Waals surface area contributed by atoms with Crippen LogP contribution in [0.2, 0.25) is 0 Å². The van der Waals surface area contributed by atoms with Gasteiger partial charge in [-0.15, -0.1) is 0 Å². The Kier molecular flexibility index (Phi) is 4.29. The molecule has 0 aliphatic heterocycles. The lowest BCUT2D eigenvalue weighted by molar-refractivity contribution is 0.200. The first-order valence-electron chi connectivity index (χ1n) is 7.91. The van der Waals surface area contributed by atoms with Crippen LogP contribution in [0.15, 0.2) is 24.3 Å². The molecule has 3 rings (SSSR count). The van der Waals surface area contributed by atoms with Crippen LogP contribution in [0.3, 0.4) is 0 Å². The normalized spacial score (nSPS) is 19.8. The summed E-state index contributed by atoms with van der Waals surface area (Å²) in [7, 11) is 1.72. The minimum absolute atomic E-state index is 0.375. The molecule has 2 aliphatic carbocycles. The molecule has 0 radical (unpaired) electrons. The van der Waals surface area contributed by atoms with E-state index in [9.17, 15) is 0 Å². The zero-order valence-corrected chi connectivity index (χ0v) is 12.4. The summed E-state index contributed by atoms with van der Waals surface area (Å²) in [6.07, 6.45) is 12.7. The van der Waals surface area contributed by atoms with Crippen LogP contribution in [0.4, 0.5) is 0 Å². The summed E-state index contributed by atoms with van der Waals surface area (Å²) in [4.78, 5) is 0. The van der Waals surface area contributed by atoms with Gasteiger partial charge < -0.3 is 9.47 Å². The monoisotopic (exact) mass is 272 g/mol. The Balaban J connectivity index is 1.83. The van der Waals surface area contributed by atoms with E-state index >= 15 is 0 Å². The highest BCUT2D eigenvalue weighted by Gasteiger charge is 2.19. The zero-order valence-electron chi connectivity index (χ0n) is 12.4. The van der Waals surface area contributed by atoms with Crippen LogP contribution >= 0.6 is 0 Å². The fourth-order valence-corrected chi connectivity index (χ4v) is 3.25. The van der Waals surface area contributed by atoms with E-state index in [0.717, 1.165) is 11.5 Å². The lowest BCUT2D eigenvalue weighted by atomic mass is 9.93. The van der Waals surface area contributed by atoms with Crippen molar-refractivity contribution in [1.29, 1.82) is 0 Å². The van der Waals surface area contributed by atoms with E-state index in [-0.39, 0.29) is 0 Å². The Bertz CT molecular complexity index is 484. The maximum Gasteiger partial charge on any atom is 0.162 e. The number of rotatable bonds is 4. The van der Waals surface area contributed by atoms with Crippen LogP contribution in [0, 0.1) is 0 Å². The number of allylic oxidation sites excluding steroid dienone is 2. The van der Waals surface area contributed by atoms with Gasteiger partial charge in [0.15, 0.2) is 11.5 Å². The van der Waals surface area contributed by atoms with Crippen molar-refractivity contribution in [2.24, 2.45) is 0 Å². The minimum atomic E-state index is 0.375. The van der Waals surface area contributed by atoms with Crippen molar-refractivity contribution in [2.45, 2.75) is 57.5 Å². The maximum absolute atomic E-state index is 6.18. The van der Waals surface area contributed by atoms with E-state index in [1.54, 1.807) is 7.11 Å².